The molecule has 33 heavy (non-hydrogen) atoms. The highest BCUT2D eigenvalue weighted by Gasteiger charge is 2.29. The number of esters is 1. The molecule has 180 valence electrons. The number of carbonyl (C=O) groups excluding carboxylic acids is 1. The van der Waals surface area contributed by atoms with Crippen LogP contribution in [0, 0.1) is 0 Å². The summed E-state index contributed by atoms with van der Waals surface area (Å²) in [6, 6.07) is 5.79. The molecular weight excluding hydrogens is 456 g/mol. The second kappa shape index (κ2) is 10.3. The van der Waals surface area contributed by atoms with Crippen LogP contribution in [0.5, 0.6) is 0 Å². The summed E-state index contributed by atoms with van der Waals surface area (Å²) in [7, 11) is 0. The van der Waals surface area contributed by atoms with E-state index < -0.39 is 36.4 Å². The maximum Gasteiger partial charge on any atom is 0.345 e. The first kappa shape index (κ1) is 25.3. The van der Waals surface area contributed by atoms with Gasteiger partial charge in [0, 0.05) is 29.3 Å². The first-order valence-electron chi connectivity index (χ1n) is 10.7. The van der Waals surface area contributed by atoms with Crippen molar-refractivity contribution in [1.82, 2.24) is 4.57 Å². The van der Waals surface area contributed by atoms with E-state index in [9.17, 15) is 18.4 Å². The zero-order valence-corrected chi connectivity index (χ0v) is 19.8. The Bertz CT molecular complexity index is 1060. The summed E-state index contributed by atoms with van der Waals surface area (Å²) >= 11 is 6.23. The summed E-state index contributed by atoms with van der Waals surface area (Å²) in [5.74, 6) is -0.703. The third kappa shape index (κ3) is 6.62. The summed E-state index contributed by atoms with van der Waals surface area (Å²) in [4.78, 5) is 26.0. The molecule has 0 saturated carbocycles. The number of carbonyl (C=O) groups is 1. The molecule has 0 radical (unpaired) electrons. The van der Waals surface area contributed by atoms with Gasteiger partial charge < -0.3 is 18.8 Å². The number of hydrogen-bond donors (Lipinski definition) is 0. The highest BCUT2D eigenvalue weighted by molar-refractivity contribution is 6.30. The Labute approximate surface area is 196 Å². The number of nitrogens with zero attached hydrogens (tertiary/aromatic N) is 1. The molecule has 0 spiro atoms. The molecule has 0 amide bonds. The van der Waals surface area contributed by atoms with Gasteiger partial charge in [-0.1, -0.05) is 17.7 Å². The summed E-state index contributed by atoms with van der Waals surface area (Å²) in [5, 5.41) is 0.536. The molecule has 3 rings (SSSR count). The lowest BCUT2D eigenvalue weighted by Crippen LogP contribution is -2.36. The minimum absolute atomic E-state index is 0.0838. The van der Waals surface area contributed by atoms with Crippen molar-refractivity contribution >= 4 is 17.6 Å². The second-order valence-electron chi connectivity index (χ2n) is 9.05. The minimum atomic E-state index is -2.98. The van der Waals surface area contributed by atoms with Crippen LogP contribution in [-0.4, -0.2) is 35.5 Å². The van der Waals surface area contributed by atoms with Crippen molar-refractivity contribution < 1.29 is 27.8 Å². The van der Waals surface area contributed by atoms with E-state index >= 15 is 0 Å². The number of ether oxygens (including phenoxy) is 3. The molecule has 9 heteroatoms. The van der Waals surface area contributed by atoms with E-state index in [4.69, 9.17) is 21.1 Å². The minimum Gasteiger partial charge on any atom is -0.458 e. The predicted octanol–water partition coefficient (Wildman–Crippen LogP) is 5.14. The van der Waals surface area contributed by atoms with Crippen LogP contribution in [0.15, 0.2) is 35.3 Å². The van der Waals surface area contributed by atoms with Crippen LogP contribution < -0.4 is 5.56 Å². The van der Waals surface area contributed by atoms with Crippen molar-refractivity contribution in [3.8, 4) is 11.1 Å². The predicted molar refractivity (Wildman–Crippen MR) is 121 cm³/mol. The third-order valence-corrected chi connectivity index (χ3v) is 5.44. The van der Waals surface area contributed by atoms with Crippen LogP contribution >= 0.6 is 11.6 Å². The van der Waals surface area contributed by atoms with Crippen LogP contribution in [0.25, 0.3) is 11.1 Å². The van der Waals surface area contributed by atoms with Gasteiger partial charge in [0.15, 0.2) is 0 Å². The largest absolute Gasteiger partial charge is 0.458 e. The Morgan fingerprint density at radius 2 is 1.94 bits per heavy atom. The molecule has 0 N–H and O–H groups in total. The summed E-state index contributed by atoms with van der Waals surface area (Å²) < 4.78 is 42.0. The van der Waals surface area contributed by atoms with E-state index in [0.29, 0.717) is 22.6 Å². The molecule has 1 aromatic carbocycles. The van der Waals surface area contributed by atoms with E-state index in [1.165, 1.54) is 16.8 Å². The molecule has 2 atom stereocenters. The number of aromatic nitrogens is 1. The smallest absolute Gasteiger partial charge is 0.345 e. The van der Waals surface area contributed by atoms with Crippen LogP contribution in [0.2, 0.25) is 5.02 Å². The van der Waals surface area contributed by atoms with Crippen molar-refractivity contribution in [2.24, 2.45) is 0 Å². The lowest BCUT2D eigenvalue weighted by molar-refractivity contribution is -0.162. The van der Waals surface area contributed by atoms with E-state index in [0.717, 1.165) is 11.1 Å². The number of rotatable bonds is 6. The fourth-order valence-corrected chi connectivity index (χ4v) is 3.96. The van der Waals surface area contributed by atoms with Crippen molar-refractivity contribution in [2.45, 2.75) is 71.5 Å². The van der Waals surface area contributed by atoms with Gasteiger partial charge >= 0.3 is 12.6 Å². The fourth-order valence-electron chi connectivity index (χ4n) is 3.79. The number of hydrogen-bond acceptors (Lipinski definition) is 5. The summed E-state index contributed by atoms with van der Waals surface area (Å²) in [6.07, 6.45) is 1.95. The molecule has 1 unspecified atom stereocenters. The van der Waals surface area contributed by atoms with E-state index in [1.807, 2.05) is 13.0 Å². The monoisotopic (exact) mass is 483 g/mol. The maximum absolute atomic E-state index is 13.1. The quantitative estimate of drug-likeness (QED) is 0.532. The third-order valence-electron chi connectivity index (χ3n) is 5.21. The number of benzene rings is 1. The van der Waals surface area contributed by atoms with Gasteiger partial charge in [0.2, 0.25) is 0 Å². The molecule has 1 aromatic heterocycles. The van der Waals surface area contributed by atoms with Crippen LogP contribution in [0.1, 0.15) is 51.3 Å². The molecule has 0 aliphatic carbocycles. The first-order valence-corrected chi connectivity index (χ1v) is 11.1. The zero-order valence-electron chi connectivity index (χ0n) is 19.1. The van der Waals surface area contributed by atoms with Crippen LogP contribution in [0.3, 0.4) is 0 Å². The van der Waals surface area contributed by atoms with Gasteiger partial charge in [0.05, 0.1) is 19.3 Å². The number of pyridine rings is 1. The lowest BCUT2D eigenvalue weighted by atomic mass is 9.92. The van der Waals surface area contributed by atoms with E-state index in [1.54, 1.807) is 32.9 Å². The summed E-state index contributed by atoms with van der Waals surface area (Å²) in [5.41, 5.74) is 1.85. The van der Waals surface area contributed by atoms with Gasteiger partial charge in [0.25, 0.3) is 5.56 Å². The highest BCUT2D eigenvalue weighted by atomic mass is 35.5. The molecule has 1 aliphatic rings. The molecule has 0 fully saturated rings. The van der Waals surface area contributed by atoms with Gasteiger partial charge in [-0.2, -0.15) is 8.78 Å². The first-order chi connectivity index (χ1) is 15.4. The Balaban J connectivity index is 2.08. The molecule has 0 bridgehead atoms. The molecule has 2 aromatic rings. The Morgan fingerprint density at radius 3 is 2.61 bits per heavy atom. The molecule has 6 nitrogen and oxygen atoms in total. The Kier molecular flexibility index (Phi) is 7.92. The average molecular weight is 484 g/mol. The zero-order chi connectivity index (χ0) is 24.3. The average Bonchev–Trinajstić information content (AvgIpc) is 2.69. The maximum atomic E-state index is 13.1. The van der Waals surface area contributed by atoms with Gasteiger partial charge in [0.1, 0.15) is 11.6 Å². The number of fused-ring (bicyclic) bond motifs is 3. The van der Waals surface area contributed by atoms with Gasteiger partial charge in [-0.15, -0.1) is 0 Å². The van der Waals surface area contributed by atoms with Crippen LogP contribution in [0.4, 0.5) is 8.78 Å². The Morgan fingerprint density at radius 1 is 1.24 bits per heavy atom. The molecule has 2 heterocycles. The fraction of sp³-hybridized carbons (Fsp3) is 0.500. The SMILES string of the molecule is C[C@@H]1Cc2ccc(Cl)cc2-c2cc(=O)n(C(CCOC(F)F)C(=O)OC(C)(C)C)cc2CO1. The molecular formula is C24H28ClF2NO5. The number of halogens is 3. The highest BCUT2D eigenvalue weighted by Crippen LogP contribution is 2.33. The van der Waals surface area contributed by atoms with E-state index in [-0.39, 0.29) is 19.1 Å². The topological polar surface area (TPSA) is 66.8 Å². The van der Waals surface area contributed by atoms with Gasteiger partial charge in [-0.25, -0.2) is 4.79 Å². The van der Waals surface area contributed by atoms with Gasteiger partial charge in [-0.3, -0.25) is 4.79 Å². The van der Waals surface area contributed by atoms with Crippen LogP contribution in [-0.2, 0) is 32.0 Å². The van der Waals surface area contributed by atoms with E-state index in [2.05, 4.69) is 4.74 Å². The van der Waals surface area contributed by atoms with Gasteiger partial charge in [-0.05, 0) is 62.9 Å². The second-order valence-corrected chi connectivity index (χ2v) is 9.49. The van der Waals surface area contributed by atoms with Crippen molar-refractivity contribution in [2.75, 3.05) is 6.61 Å². The van der Waals surface area contributed by atoms with Crippen molar-refractivity contribution in [3.05, 3.63) is 57.0 Å². The standard InChI is InChI=1S/C24H28ClF2NO5/c1-14-9-15-5-6-17(25)10-18(15)19-11-21(29)28(12-16(19)13-32-14)20(7-8-31-23(26)27)22(30)33-24(2,3)4/h5-6,10-12,14,20,23H,7-9,13H2,1-4H3/t14-,20?/m1/s1. The van der Waals surface area contributed by atoms with Crippen molar-refractivity contribution in [1.29, 1.82) is 0 Å². The number of alkyl halides is 2. The molecule has 0 saturated heterocycles. The molecule has 1 aliphatic heterocycles. The Hall–Kier alpha value is -2.29. The normalized spacial score (nSPS) is 17.0. The van der Waals surface area contributed by atoms with Crippen molar-refractivity contribution in [3.63, 3.8) is 0 Å². The summed E-state index contributed by atoms with van der Waals surface area (Å²) in [6.45, 7) is 3.83. The lowest BCUT2D eigenvalue weighted by Gasteiger charge is -2.27.